The van der Waals surface area contributed by atoms with Gasteiger partial charge in [-0.2, -0.15) is 0 Å². The first-order chi connectivity index (χ1) is 15.1. The van der Waals surface area contributed by atoms with Crippen LogP contribution in [0.2, 0.25) is 0 Å². The first kappa shape index (κ1) is 20.6. The molecule has 0 atom stereocenters. The molecule has 0 aromatic heterocycles. The van der Waals surface area contributed by atoms with Gasteiger partial charge in [-0.1, -0.05) is 42.5 Å². The van der Waals surface area contributed by atoms with E-state index in [0.717, 1.165) is 5.56 Å². The highest BCUT2D eigenvalue weighted by Gasteiger charge is 2.23. The number of piperazine rings is 1. The van der Waals surface area contributed by atoms with E-state index in [-0.39, 0.29) is 17.6 Å². The van der Waals surface area contributed by atoms with Crippen LogP contribution in [0.1, 0.15) is 15.9 Å². The number of para-hydroxylation sites is 1. The first-order valence-corrected chi connectivity index (χ1v) is 10.3. The molecule has 1 heterocycles. The van der Waals surface area contributed by atoms with E-state index < -0.39 is 0 Å². The number of nitrogens with zero attached hydrogens (tertiary/aromatic N) is 2. The predicted octanol–water partition coefficient (Wildman–Crippen LogP) is 3.97. The Balaban J connectivity index is 1.31. The molecule has 31 heavy (non-hydrogen) atoms. The van der Waals surface area contributed by atoms with Crippen molar-refractivity contribution in [3.63, 3.8) is 0 Å². The van der Waals surface area contributed by atoms with Crippen LogP contribution in [0.4, 0.5) is 15.8 Å². The fraction of sp³-hybridized carbons (Fsp3) is 0.200. The minimum absolute atomic E-state index is 0.0599. The van der Waals surface area contributed by atoms with Crippen LogP contribution in [-0.4, -0.2) is 42.9 Å². The van der Waals surface area contributed by atoms with Crippen LogP contribution in [0.5, 0.6) is 0 Å². The minimum atomic E-state index is -0.243. The van der Waals surface area contributed by atoms with Gasteiger partial charge < -0.3 is 15.1 Å². The molecule has 6 heteroatoms. The van der Waals surface area contributed by atoms with Gasteiger partial charge in [0.1, 0.15) is 5.82 Å². The average molecular weight is 417 g/mol. The molecule has 1 N–H and O–H groups in total. The SMILES string of the molecule is O=C(Cc1ccccc1)Nc1ccc(C(=O)N2CCN(c3ccccc3F)CC2)cc1. The fourth-order valence-electron chi connectivity index (χ4n) is 3.72. The highest BCUT2D eigenvalue weighted by molar-refractivity contribution is 5.96. The number of anilines is 2. The molecule has 0 unspecified atom stereocenters. The predicted molar refractivity (Wildman–Crippen MR) is 120 cm³/mol. The molecule has 0 bridgehead atoms. The summed E-state index contributed by atoms with van der Waals surface area (Å²) < 4.78 is 14.0. The maximum Gasteiger partial charge on any atom is 0.253 e. The van der Waals surface area contributed by atoms with Crippen molar-refractivity contribution >= 4 is 23.2 Å². The smallest absolute Gasteiger partial charge is 0.253 e. The van der Waals surface area contributed by atoms with Crippen LogP contribution < -0.4 is 10.2 Å². The van der Waals surface area contributed by atoms with Gasteiger partial charge in [0.15, 0.2) is 0 Å². The Bertz CT molecular complexity index is 1050. The van der Waals surface area contributed by atoms with E-state index in [1.165, 1.54) is 6.07 Å². The zero-order chi connectivity index (χ0) is 21.6. The molecule has 5 nitrogen and oxygen atoms in total. The van der Waals surface area contributed by atoms with E-state index in [1.807, 2.05) is 41.3 Å². The molecule has 3 aromatic rings. The topological polar surface area (TPSA) is 52.7 Å². The maximum atomic E-state index is 14.0. The van der Waals surface area contributed by atoms with Crippen molar-refractivity contribution in [3.8, 4) is 0 Å². The second kappa shape index (κ2) is 9.43. The summed E-state index contributed by atoms with van der Waals surface area (Å²) in [6.07, 6.45) is 0.299. The van der Waals surface area contributed by atoms with Crippen LogP contribution in [0.25, 0.3) is 0 Å². The third kappa shape index (κ3) is 5.09. The molecular formula is C25H24FN3O2. The highest BCUT2D eigenvalue weighted by atomic mass is 19.1. The number of carbonyl (C=O) groups is 2. The lowest BCUT2D eigenvalue weighted by atomic mass is 10.1. The number of hydrogen-bond acceptors (Lipinski definition) is 3. The van der Waals surface area contributed by atoms with Crippen LogP contribution >= 0.6 is 0 Å². The average Bonchev–Trinajstić information content (AvgIpc) is 2.80. The van der Waals surface area contributed by atoms with Gasteiger partial charge in [-0.25, -0.2) is 4.39 Å². The van der Waals surface area contributed by atoms with Crippen molar-refractivity contribution in [1.29, 1.82) is 0 Å². The summed E-state index contributed by atoms with van der Waals surface area (Å²) >= 11 is 0. The normalized spacial score (nSPS) is 13.7. The molecule has 1 aliphatic heterocycles. The third-order valence-corrected chi connectivity index (χ3v) is 5.38. The zero-order valence-corrected chi connectivity index (χ0v) is 17.1. The van der Waals surface area contributed by atoms with Gasteiger partial charge in [-0.15, -0.1) is 0 Å². The largest absolute Gasteiger partial charge is 0.366 e. The monoisotopic (exact) mass is 417 g/mol. The molecule has 4 rings (SSSR count). The van der Waals surface area contributed by atoms with Gasteiger partial charge in [-0.3, -0.25) is 9.59 Å². The van der Waals surface area contributed by atoms with Gasteiger partial charge in [-0.05, 0) is 42.0 Å². The quantitative estimate of drug-likeness (QED) is 0.684. The van der Waals surface area contributed by atoms with Crippen LogP contribution in [0.15, 0.2) is 78.9 Å². The second-order valence-electron chi connectivity index (χ2n) is 7.52. The van der Waals surface area contributed by atoms with Crippen LogP contribution in [0.3, 0.4) is 0 Å². The van der Waals surface area contributed by atoms with E-state index in [1.54, 1.807) is 41.3 Å². The number of halogens is 1. The zero-order valence-electron chi connectivity index (χ0n) is 17.1. The molecule has 0 radical (unpaired) electrons. The first-order valence-electron chi connectivity index (χ1n) is 10.3. The van der Waals surface area contributed by atoms with Crippen molar-refractivity contribution in [2.24, 2.45) is 0 Å². The standard InChI is InChI=1S/C25H24FN3O2/c26-22-8-4-5-9-23(22)28-14-16-29(17-15-28)25(31)20-10-12-21(13-11-20)27-24(30)18-19-6-2-1-3-7-19/h1-13H,14-18H2,(H,27,30). The van der Waals surface area contributed by atoms with Gasteiger partial charge in [0.2, 0.25) is 5.91 Å². The van der Waals surface area contributed by atoms with E-state index in [2.05, 4.69) is 5.32 Å². The molecule has 158 valence electrons. The number of nitrogens with one attached hydrogen (secondary N) is 1. The highest BCUT2D eigenvalue weighted by Crippen LogP contribution is 2.21. The number of rotatable bonds is 5. The van der Waals surface area contributed by atoms with Crippen molar-refractivity contribution < 1.29 is 14.0 Å². The summed E-state index contributed by atoms with van der Waals surface area (Å²) in [6, 6.07) is 23.2. The molecule has 0 aliphatic carbocycles. The Labute approximate surface area is 181 Å². The van der Waals surface area contributed by atoms with Crippen LogP contribution in [0, 0.1) is 5.82 Å². The number of carbonyl (C=O) groups excluding carboxylic acids is 2. The van der Waals surface area contributed by atoms with Crippen LogP contribution in [-0.2, 0) is 11.2 Å². The molecule has 0 saturated carbocycles. The summed E-state index contributed by atoms with van der Waals surface area (Å²) in [4.78, 5) is 28.8. The van der Waals surface area contributed by atoms with Crippen molar-refractivity contribution in [2.45, 2.75) is 6.42 Å². The lowest BCUT2D eigenvalue weighted by molar-refractivity contribution is -0.115. The van der Waals surface area contributed by atoms with E-state index in [9.17, 15) is 14.0 Å². The maximum absolute atomic E-state index is 14.0. The number of benzene rings is 3. The fourth-order valence-corrected chi connectivity index (χ4v) is 3.72. The molecule has 3 aromatic carbocycles. The third-order valence-electron chi connectivity index (χ3n) is 5.38. The Morgan fingerprint density at radius 3 is 2.13 bits per heavy atom. The van der Waals surface area contributed by atoms with E-state index in [4.69, 9.17) is 0 Å². The van der Waals surface area contributed by atoms with Gasteiger partial charge in [0.25, 0.3) is 5.91 Å². The summed E-state index contributed by atoms with van der Waals surface area (Å²) in [5.41, 5.74) is 2.74. The molecule has 1 aliphatic rings. The molecule has 0 spiro atoms. The summed E-state index contributed by atoms with van der Waals surface area (Å²) in [6.45, 7) is 2.23. The van der Waals surface area contributed by atoms with E-state index >= 15 is 0 Å². The van der Waals surface area contributed by atoms with Crippen molar-refractivity contribution in [2.75, 3.05) is 36.4 Å². The Kier molecular flexibility index (Phi) is 6.26. The summed E-state index contributed by atoms with van der Waals surface area (Å²) in [5, 5.41) is 2.86. The summed E-state index contributed by atoms with van der Waals surface area (Å²) in [5.74, 6) is -0.405. The molecular weight excluding hydrogens is 393 g/mol. The molecule has 1 saturated heterocycles. The number of amides is 2. The minimum Gasteiger partial charge on any atom is -0.366 e. The number of hydrogen-bond donors (Lipinski definition) is 1. The summed E-state index contributed by atoms with van der Waals surface area (Å²) in [7, 11) is 0. The van der Waals surface area contributed by atoms with Gasteiger partial charge in [0, 0.05) is 37.4 Å². The Hall–Kier alpha value is -3.67. The molecule has 1 fully saturated rings. The Morgan fingerprint density at radius 2 is 1.45 bits per heavy atom. The Morgan fingerprint density at radius 1 is 0.806 bits per heavy atom. The van der Waals surface area contributed by atoms with Crippen molar-refractivity contribution in [1.82, 2.24) is 4.90 Å². The van der Waals surface area contributed by atoms with Gasteiger partial charge >= 0.3 is 0 Å². The van der Waals surface area contributed by atoms with Crippen molar-refractivity contribution in [3.05, 3.63) is 95.8 Å². The lowest BCUT2D eigenvalue weighted by Crippen LogP contribution is -2.49. The van der Waals surface area contributed by atoms with E-state index in [0.29, 0.717) is 49.5 Å². The van der Waals surface area contributed by atoms with Gasteiger partial charge in [0.05, 0.1) is 12.1 Å². The lowest BCUT2D eigenvalue weighted by Gasteiger charge is -2.36. The second-order valence-corrected chi connectivity index (χ2v) is 7.52. The molecule has 2 amide bonds.